The van der Waals surface area contributed by atoms with Crippen LogP contribution >= 0.6 is 0 Å². The molecule has 0 unspecified atom stereocenters. The highest BCUT2D eigenvalue weighted by molar-refractivity contribution is 7.89. The highest BCUT2D eigenvalue weighted by Gasteiger charge is 2.28. The van der Waals surface area contributed by atoms with Gasteiger partial charge in [-0.1, -0.05) is 30.3 Å². The summed E-state index contributed by atoms with van der Waals surface area (Å²) in [6, 6.07) is 16.6. The summed E-state index contributed by atoms with van der Waals surface area (Å²) in [5, 5.41) is 0. The normalized spacial score (nSPS) is 14.4. The van der Waals surface area contributed by atoms with Gasteiger partial charge < -0.3 is 19.0 Å². The molecule has 0 bridgehead atoms. The standard InChI is InChI=1S/C27H33N3O5S/c1-20-18-24(21(2)35-20)27(31)30-16-14-29(15-17-30)25-19-23(10-11-26(25)34-4)36(32,33)28(3)13-12-22-8-6-5-7-9-22/h5-11,18-19H,12-17H2,1-4H3. The Labute approximate surface area is 213 Å². The molecule has 8 nitrogen and oxygen atoms in total. The van der Waals surface area contributed by atoms with Gasteiger partial charge >= 0.3 is 0 Å². The number of ether oxygens (including phenoxy) is 1. The second kappa shape index (κ2) is 10.8. The molecule has 0 atom stereocenters. The molecule has 2 aromatic carbocycles. The molecule has 0 saturated carbocycles. The lowest BCUT2D eigenvalue weighted by atomic mass is 10.2. The highest BCUT2D eigenvalue weighted by atomic mass is 32.2. The first-order valence-electron chi connectivity index (χ1n) is 12.0. The molecule has 1 aliphatic heterocycles. The fourth-order valence-electron chi connectivity index (χ4n) is 4.47. The van der Waals surface area contributed by atoms with Gasteiger partial charge in [0.25, 0.3) is 5.91 Å². The molecule has 0 N–H and O–H groups in total. The molecule has 0 radical (unpaired) electrons. The molecule has 2 heterocycles. The van der Waals surface area contributed by atoms with E-state index in [0.717, 1.165) is 5.56 Å². The molecule has 36 heavy (non-hydrogen) atoms. The summed E-state index contributed by atoms with van der Waals surface area (Å²) in [7, 11) is -0.506. The number of anilines is 1. The van der Waals surface area contributed by atoms with Gasteiger partial charge in [0, 0.05) is 39.8 Å². The van der Waals surface area contributed by atoms with Crippen LogP contribution in [0.5, 0.6) is 5.75 Å². The summed E-state index contributed by atoms with van der Waals surface area (Å²) in [6.07, 6.45) is 0.630. The predicted molar refractivity (Wildman–Crippen MR) is 139 cm³/mol. The molecule has 4 rings (SSSR count). The molecule has 3 aromatic rings. The number of sulfonamides is 1. The SMILES string of the molecule is COc1ccc(S(=O)(=O)N(C)CCc2ccccc2)cc1N1CCN(C(=O)c2cc(C)oc2C)CC1. The topological polar surface area (TPSA) is 83.3 Å². The predicted octanol–water partition coefficient (Wildman–Crippen LogP) is 3.73. The van der Waals surface area contributed by atoms with Crippen LogP contribution in [-0.4, -0.2) is 70.4 Å². The van der Waals surface area contributed by atoms with Gasteiger partial charge in [-0.15, -0.1) is 0 Å². The zero-order valence-electron chi connectivity index (χ0n) is 21.2. The minimum Gasteiger partial charge on any atom is -0.495 e. The van der Waals surface area contributed by atoms with Crippen LogP contribution in [-0.2, 0) is 16.4 Å². The van der Waals surface area contributed by atoms with Gasteiger partial charge in [-0.05, 0) is 50.1 Å². The Morgan fingerprint density at radius 1 is 1.03 bits per heavy atom. The van der Waals surface area contributed by atoms with Crippen molar-refractivity contribution in [2.45, 2.75) is 25.2 Å². The van der Waals surface area contributed by atoms with Crippen molar-refractivity contribution in [3.63, 3.8) is 0 Å². The maximum Gasteiger partial charge on any atom is 0.257 e. The molecular formula is C27H33N3O5S. The fourth-order valence-corrected chi connectivity index (χ4v) is 5.66. The first-order chi connectivity index (χ1) is 17.2. The molecule has 1 saturated heterocycles. The van der Waals surface area contributed by atoms with Crippen LogP contribution in [0.4, 0.5) is 5.69 Å². The van der Waals surface area contributed by atoms with Crippen LogP contribution in [0.25, 0.3) is 0 Å². The van der Waals surface area contributed by atoms with E-state index in [0.29, 0.717) is 67.7 Å². The van der Waals surface area contributed by atoms with Crippen LogP contribution in [0.15, 0.2) is 63.9 Å². The van der Waals surface area contributed by atoms with Crippen molar-refractivity contribution in [1.29, 1.82) is 0 Å². The van der Waals surface area contributed by atoms with Crippen molar-refractivity contribution < 1.29 is 22.4 Å². The Morgan fingerprint density at radius 3 is 2.33 bits per heavy atom. The third-order valence-electron chi connectivity index (χ3n) is 6.60. The Hall–Kier alpha value is -3.30. The van der Waals surface area contributed by atoms with Gasteiger partial charge in [0.05, 0.1) is 23.3 Å². The number of carbonyl (C=O) groups is 1. The molecule has 0 spiro atoms. The van der Waals surface area contributed by atoms with Crippen LogP contribution in [0, 0.1) is 13.8 Å². The second-order valence-electron chi connectivity index (χ2n) is 9.00. The third-order valence-corrected chi connectivity index (χ3v) is 8.45. The number of amides is 1. The summed E-state index contributed by atoms with van der Waals surface area (Å²) >= 11 is 0. The number of piperazine rings is 1. The van der Waals surface area contributed by atoms with Crippen LogP contribution in [0.1, 0.15) is 27.4 Å². The van der Waals surface area contributed by atoms with E-state index < -0.39 is 10.0 Å². The van der Waals surface area contributed by atoms with Crippen molar-refractivity contribution >= 4 is 21.6 Å². The highest BCUT2D eigenvalue weighted by Crippen LogP contribution is 2.33. The first-order valence-corrected chi connectivity index (χ1v) is 13.4. The van der Waals surface area contributed by atoms with E-state index in [2.05, 4.69) is 4.90 Å². The number of furan rings is 1. The molecular weight excluding hydrogens is 478 g/mol. The molecule has 1 aromatic heterocycles. The van der Waals surface area contributed by atoms with E-state index in [4.69, 9.17) is 9.15 Å². The van der Waals surface area contributed by atoms with Gasteiger partial charge in [0.1, 0.15) is 17.3 Å². The fraction of sp³-hybridized carbons (Fsp3) is 0.370. The zero-order valence-corrected chi connectivity index (χ0v) is 22.0. The molecule has 1 aliphatic rings. The minimum absolute atomic E-state index is 0.0488. The first kappa shape index (κ1) is 25.8. The van der Waals surface area contributed by atoms with Crippen molar-refractivity contribution in [2.24, 2.45) is 0 Å². The lowest BCUT2D eigenvalue weighted by molar-refractivity contribution is 0.0745. The van der Waals surface area contributed by atoms with E-state index in [1.807, 2.05) is 37.3 Å². The van der Waals surface area contributed by atoms with Crippen molar-refractivity contribution in [3.05, 3.63) is 77.2 Å². The summed E-state index contributed by atoms with van der Waals surface area (Å²) in [6.45, 7) is 6.15. The Kier molecular flexibility index (Phi) is 7.70. The third kappa shape index (κ3) is 5.42. The number of methoxy groups -OCH3 is 1. The molecule has 192 valence electrons. The summed E-state index contributed by atoms with van der Waals surface area (Å²) in [5.41, 5.74) is 2.38. The quantitative estimate of drug-likeness (QED) is 0.458. The number of benzene rings is 2. The number of nitrogens with zero attached hydrogens (tertiary/aromatic N) is 3. The smallest absolute Gasteiger partial charge is 0.257 e. The van der Waals surface area contributed by atoms with Gasteiger partial charge in [0.2, 0.25) is 10.0 Å². The van der Waals surface area contributed by atoms with Gasteiger partial charge in [0.15, 0.2) is 0 Å². The molecule has 9 heteroatoms. The van der Waals surface area contributed by atoms with E-state index in [-0.39, 0.29) is 10.8 Å². The van der Waals surface area contributed by atoms with Gasteiger partial charge in [-0.25, -0.2) is 12.7 Å². The summed E-state index contributed by atoms with van der Waals surface area (Å²) in [4.78, 5) is 17.1. The number of aryl methyl sites for hydroxylation is 2. The maximum absolute atomic E-state index is 13.3. The average molecular weight is 512 g/mol. The minimum atomic E-state index is -3.68. The summed E-state index contributed by atoms with van der Waals surface area (Å²) < 4.78 is 39.1. The van der Waals surface area contributed by atoms with E-state index in [9.17, 15) is 13.2 Å². The Bertz CT molecular complexity index is 1310. The largest absolute Gasteiger partial charge is 0.495 e. The van der Waals surface area contributed by atoms with Gasteiger partial charge in [-0.2, -0.15) is 0 Å². The van der Waals surface area contributed by atoms with E-state index in [1.165, 1.54) is 4.31 Å². The molecule has 0 aliphatic carbocycles. The summed E-state index contributed by atoms with van der Waals surface area (Å²) in [5.74, 6) is 1.89. The van der Waals surface area contributed by atoms with Crippen LogP contribution < -0.4 is 9.64 Å². The molecule has 1 amide bonds. The lowest BCUT2D eigenvalue weighted by Gasteiger charge is -2.36. The van der Waals surface area contributed by atoms with E-state index >= 15 is 0 Å². The lowest BCUT2D eigenvalue weighted by Crippen LogP contribution is -2.49. The second-order valence-corrected chi connectivity index (χ2v) is 11.0. The van der Waals surface area contributed by atoms with Gasteiger partial charge in [-0.3, -0.25) is 4.79 Å². The number of hydrogen-bond acceptors (Lipinski definition) is 6. The number of rotatable bonds is 8. The number of hydrogen-bond donors (Lipinski definition) is 0. The maximum atomic E-state index is 13.3. The number of carbonyl (C=O) groups excluding carboxylic acids is 1. The Morgan fingerprint density at radius 2 is 1.72 bits per heavy atom. The van der Waals surface area contributed by atoms with Crippen LogP contribution in [0.3, 0.4) is 0 Å². The molecule has 1 fully saturated rings. The van der Waals surface area contributed by atoms with Crippen LogP contribution in [0.2, 0.25) is 0 Å². The van der Waals surface area contributed by atoms with Crippen molar-refractivity contribution in [2.75, 3.05) is 51.8 Å². The zero-order chi connectivity index (χ0) is 25.9. The van der Waals surface area contributed by atoms with Crippen molar-refractivity contribution in [3.8, 4) is 5.75 Å². The van der Waals surface area contributed by atoms with E-state index in [1.54, 1.807) is 50.2 Å². The number of likely N-dealkylation sites (N-methyl/N-ethyl adjacent to an activating group) is 1. The Balaban J connectivity index is 1.47. The van der Waals surface area contributed by atoms with Crippen molar-refractivity contribution in [1.82, 2.24) is 9.21 Å². The average Bonchev–Trinajstić information content (AvgIpc) is 3.24. The monoisotopic (exact) mass is 511 g/mol.